The highest BCUT2D eigenvalue weighted by Gasteiger charge is 2.58. The van der Waals surface area contributed by atoms with Crippen LogP contribution >= 0.6 is 12.4 Å². The van der Waals surface area contributed by atoms with Crippen LogP contribution in [0.3, 0.4) is 0 Å². The van der Waals surface area contributed by atoms with Gasteiger partial charge in [0.2, 0.25) is 0 Å². The van der Waals surface area contributed by atoms with Crippen molar-refractivity contribution in [1.29, 1.82) is 0 Å². The van der Waals surface area contributed by atoms with Crippen molar-refractivity contribution in [3.8, 4) is 0 Å². The van der Waals surface area contributed by atoms with Crippen molar-refractivity contribution in [2.24, 2.45) is 0 Å². The Kier molecular flexibility index (Phi) is 14.7. The van der Waals surface area contributed by atoms with Gasteiger partial charge in [0, 0.05) is 13.2 Å². The second-order valence-electron chi connectivity index (χ2n) is 12.6. The van der Waals surface area contributed by atoms with Gasteiger partial charge in [0.05, 0.1) is 4.90 Å². The maximum atomic E-state index is 13.1. The van der Waals surface area contributed by atoms with Crippen molar-refractivity contribution in [3.05, 3.63) is 29.8 Å². The Balaban J connectivity index is 0.00000529. The summed E-state index contributed by atoms with van der Waals surface area (Å²) < 4.78 is 58.8. The van der Waals surface area contributed by atoms with Gasteiger partial charge in [-0.1, -0.05) is 76.0 Å². The second-order valence-corrected chi connectivity index (χ2v) is 14.3. The molecular formula is C32H53ClN2O8S. The van der Waals surface area contributed by atoms with Gasteiger partial charge in [-0.2, -0.15) is 0 Å². The molecule has 12 heteroatoms. The molecule has 0 radical (unpaired) electrons. The number of aryl methyl sites for hydroxylation is 1. The molecule has 3 saturated heterocycles. The van der Waals surface area contributed by atoms with E-state index < -0.39 is 52.6 Å². The molecule has 0 aliphatic carbocycles. The number of amides is 1. The topological polar surface area (TPSA) is 113 Å². The molecule has 0 aromatic heterocycles. The van der Waals surface area contributed by atoms with Gasteiger partial charge in [0.1, 0.15) is 24.4 Å². The Morgan fingerprint density at radius 1 is 1.00 bits per heavy atom. The third kappa shape index (κ3) is 10.8. The SMILES string of the molecule is CCCCCCCCCCO[C@@H]1[C@H]2OC(C)(C)O[C@H]2O[C@@H]1C(CN1CCCCC1)OC(=O)NS(=O)(=O)c1ccc(C)cc1.Cl. The van der Waals surface area contributed by atoms with Gasteiger partial charge in [-0.25, -0.2) is 17.9 Å². The van der Waals surface area contributed by atoms with E-state index in [1.165, 1.54) is 50.7 Å². The Morgan fingerprint density at radius 3 is 2.30 bits per heavy atom. The van der Waals surface area contributed by atoms with Gasteiger partial charge in [-0.05, 0) is 65.3 Å². The predicted octanol–water partition coefficient (Wildman–Crippen LogP) is 6.09. The van der Waals surface area contributed by atoms with E-state index in [2.05, 4.69) is 16.5 Å². The number of benzene rings is 1. The number of hydrogen-bond acceptors (Lipinski definition) is 9. The molecule has 3 aliphatic heterocycles. The van der Waals surface area contributed by atoms with Crippen LogP contribution in [0.4, 0.5) is 4.79 Å². The first-order valence-corrected chi connectivity index (χ1v) is 17.7. The highest BCUT2D eigenvalue weighted by atomic mass is 35.5. The van der Waals surface area contributed by atoms with E-state index >= 15 is 0 Å². The van der Waals surface area contributed by atoms with Crippen molar-refractivity contribution in [1.82, 2.24) is 9.62 Å². The minimum atomic E-state index is -4.11. The van der Waals surface area contributed by atoms with E-state index in [1.54, 1.807) is 12.1 Å². The maximum Gasteiger partial charge on any atom is 0.421 e. The third-order valence-electron chi connectivity index (χ3n) is 8.40. The number of piperidine rings is 1. The molecule has 3 aliphatic rings. The lowest BCUT2D eigenvalue weighted by molar-refractivity contribution is -0.230. The first-order chi connectivity index (χ1) is 20.6. The van der Waals surface area contributed by atoms with Gasteiger partial charge < -0.3 is 23.7 Å². The van der Waals surface area contributed by atoms with Crippen LogP contribution in [0.2, 0.25) is 0 Å². The fraction of sp³-hybridized carbons (Fsp3) is 0.781. The molecule has 44 heavy (non-hydrogen) atoms. The van der Waals surface area contributed by atoms with E-state index in [0.29, 0.717) is 13.2 Å². The van der Waals surface area contributed by atoms with Crippen LogP contribution in [0.1, 0.15) is 97.0 Å². The Bertz CT molecular complexity index is 1110. The molecule has 252 valence electrons. The van der Waals surface area contributed by atoms with Crippen molar-refractivity contribution < 1.29 is 36.9 Å². The first-order valence-electron chi connectivity index (χ1n) is 16.2. The molecule has 3 heterocycles. The Morgan fingerprint density at radius 2 is 1.64 bits per heavy atom. The summed E-state index contributed by atoms with van der Waals surface area (Å²) in [5.74, 6) is -0.830. The molecule has 0 bridgehead atoms. The van der Waals surface area contributed by atoms with Crippen LogP contribution in [0.25, 0.3) is 0 Å². The average molecular weight is 661 g/mol. The molecule has 1 aromatic rings. The number of ether oxygens (including phenoxy) is 5. The first kappa shape index (κ1) is 37.0. The summed E-state index contributed by atoms with van der Waals surface area (Å²) in [6, 6.07) is 6.28. The fourth-order valence-corrected chi connectivity index (χ4v) is 6.98. The van der Waals surface area contributed by atoms with Gasteiger partial charge in [-0.3, -0.25) is 4.90 Å². The number of unbranched alkanes of at least 4 members (excludes halogenated alkanes) is 7. The zero-order valence-electron chi connectivity index (χ0n) is 26.8. The summed E-state index contributed by atoms with van der Waals surface area (Å²) in [6.07, 6.45) is 8.54. The lowest BCUT2D eigenvalue weighted by Gasteiger charge is -2.35. The number of nitrogens with one attached hydrogen (secondary N) is 1. The highest BCUT2D eigenvalue weighted by Crippen LogP contribution is 2.40. The number of carbonyl (C=O) groups excluding carboxylic acids is 1. The summed E-state index contributed by atoms with van der Waals surface area (Å²) in [5, 5.41) is 0. The Hall–Kier alpha value is -1.47. The largest absolute Gasteiger partial charge is 0.441 e. The minimum absolute atomic E-state index is 0. The molecule has 3 fully saturated rings. The molecule has 1 N–H and O–H groups in total. The lowest BCUT2D eigenvalue weighted by Crippen LogP contribution is -2.51. The molecule has 0 spiro atoms. The normalized spacial score (nSPS) is 25.6. The van der Waals surface area contributed by atoms with Crippen molar-refractivity contribution in [2.45, 2.75) is 140 Å². The summed E-state index contributed by atoms with van der Waals surface area (Å²) in [7, 11) is -4.11. The van der Waals surface area contributed by atoms with Crippen molar-refractivity contribution in [3.63, 3.8) is 0 Å². The molecular weight excluding hydrogens is 608 g/mol. The highest BCUT2D eigenvalue weighted by molar-refractivity contribution is 7.90. The van der Waals surface area contributed by atoms with Crippen molar-refractivity contribution >= 4 is 28.5 Å². The maximum absolute atomic E-state index is 13.1. The summed E-state index contributed by atoms with van der Waals surface area (Å²) in [5.41, 5.74) is 0.915. The predicted molar refractivity (Wildman–Crippen MR) is 170 cm³/mol. The number of likely N-dealkylation sites (tertiary alicyclic amines) is 1. The average Bonchev–Trinajstić information content (AvgIpc) is 3.44. The molecule has 4 rings (SSSR count). The van der Waals surface area contributed by atoms with E-state index in [9.17, 15) is 13.2 Å². The summed E-state index contributed by atoms with van der Waals surface area (Å²) >= 11 is 0. The number of carbonyl (C=O) groups is 1. The van der Waals surface area contributed by atoms with Crippen LogP contribution in [0.5, 0.6) is 0 Å². The number of rotatable bonds is 16. The summed E-state index contributed by atoms with van der Waals surface area (Å²) in [6.45, 7) is 10.4. The van der Waals surface area contributed by atoms with Gasteiger partial charge in [0.15, 0.2) is 12.1 Å². The van der Waals surface area contributed by atoms with E-state index in [4.69, 9.17) is 23.7 Å². The van der Waals surface area contributed by atoms with Crippen molar-refractivity contribution in [2.75, 3.05) is 26.2 Å². The standard InChI is InChI=1S/C32H52N2O8S.ClH/c1-5-6-7-8-9-10-11-15-22-38-28-27(40-30-29(28)41-32(3,4)42-30)26(23-34-20-13-12-14-21-34)39-31(35)33-43(36,37)25-18-16-24(2)17-19-25;/h16-19,26-30H,5-15,20-23H2,1-4H3,(H,33,35);1H/t26?,27-,28+,29-,30-;/m1./s1. The molecule has 5 atom stereocenters. The minimum Gasteiger partial charge on any atom is -0.441 e. The van der Waals surface area contributed by atoms with Crippen LogP contribution in [-0.2, 0) is 33.7 Å². The second kappa shape index (κ2) is 17.4. The fourth-order valence-electron chi connectivity index (χ4n) is 6.10. The monoisotopic (exact) mass is 660 g/mol. The van der Waals surface area contributed by atoms with Crippen LogP contribution in [0, 0.1) is 6.92 Å². The number of nitrogens with zero attached hydrogens (tertiary/aromatic N) is 1. The number of hydrogen-bond donors (Lipinski definition) is 1. The van der Waals surface area contributed by atoms with E-state index in [-0.39, 0.29) is 17.3 Å². The van der Waals surface area contributed by atoms with E-state index in [1.807, 2.05) is 20.8 Å². The molecule has 1 aromatic carbocycles. The summed E-state index contributed by atoms with van der Waals surface area (Å²) in [4.78, 5) is 15.3. The molecule has 0 saturated carbocycles. The third-order valence-corrected chi connectivity index (χ3v) is 9.72. The number of fused-ring (bicyclic) bond motifs is 1. The van der Waals surface area contributed by atoms with Gasteiger partial charge in [0.25, 0.3) is 10.0 Å². The number of halogens is 1. The molecule has 10 nitrogen and oxygen atoms in total. The zero-order valence-corrected chi connectivity index (χ0v) is 28.5. The van der Waals surface area contributed by atoms with Crippen LogP contribution in [-0.4, -0.2) is 82.1 Å². The Labute approximate surface area is 270 Å². The molecule has 1 amide bonds. The smallest absolute Gasteiger partial charge is 0.421 e. The van der Waals surface area contributed by atoms with Crippen LogP contribution < -0.4 is 4.72 Å². The van der Waals surface area contributed by atoms with E-state index in [0.717, 1.165) is 50.8 Å². The molecule has 1 unspecified atom stereocenters. The van der Waals surface area contributed by atoms with Crippen LogP contribution in [0.15, 0.2) is 29.2 Å². The lowest BCUT2D eigenvalue weighted by atomic mass is 10.0. The quantitative estimate of drug-likeness (QED) is 0.211. The zero-order chi connectivity index (χ0) is 30.9. The van der Waals surface area contributed by atoms with Gasteiger partial charge >= 0.3 is 6.09 Å². The number of sulfonamides is 1. The van der Waals surface area contributed by atoms with Gasteiger partial charge in [-0.15, -0.1) is 12.4 Å².